The van der Waals surface area contributed by atoms with Crippen LogP contribution in [0.15, 0.2) is 48.5 Å². The van der Waals surface area contributed by atoms with Crippen LogP contribution in [0.25, 0.3) is 0 Å². The van der Waals surface area contributed by atoms with E-state index in [-0.39, 0.29) is 30.8 Å². The molecule has 2 aromatic rings. The van der Waals surface area contributed by atoms with Crippen molar-refractivity contribution in [3.63, 3.8) is 0 Å². The minimum atomic E-state index is -0.353. The van der Waals surface area contributed by atoms with Gasteiger partial charge in [0.15, 0.2) is 0 Å². The van der Waals surface area contributed by atoms with Crippen molar-refractivity contribution < 1.29 is 14.7 Å². The second kappa shape index (κ2) is 7.49. The Bertz CT molecular complexity index is 774. The molecule has 0 bridgehead atoms. The van der Waals surface area contributed by atoms with Crippen molar-refractivity contribution in [2.24, 2.45) is 5.92 Å². The minimum Gasteiger partial charge on any atom is -0.392 e. The molecule has 0 radical (unpaired) electrons. The van der Waals surface area contributed by atoms with E-state index in [1.807, 2.05) is 49.4 Å². The summed E-state index contributed by atoms with van der Waals surface area (Å²) in [5.41, 5.74) is 3.42. The lowest BCUT2D eigenvalue weighted by atomic mass is 10.1. The summed E-state index contributed by atoms with van der Waals surface area (Å²) in [7, 11) is 0. The quantitative estimate of drug-likeness (QED) is 0.880. The predicted octanol–water partition coefficient (Wildman–Crippen LogP) is 2.47. The van der Waals surface area contributed by atoms with E-state index < -0.39 is 0 Å². The number of carbonyl (C=O) groups is 2. The number of aliphatic hydroxyl groups is 1. The highest BCUT2D eigenvalue weighted by atomic mass is 16.3. The van der Waals surface area contributed by atoms with Crippen LogP contribution in [0.4, 0.5) is 5.69 Å². The zero-order valence-electron chi connectivity index (χ0n) is 14.2. The molecular formula is C20H22N2O3. The molecule has 3 rings (SSSR count). The summed E-state index contributed by atoms with van der Waals surface area (Å²) < 4.78 is 0. The van der Waals surface area contributed by atoms with Crippen molar-refractivity contribution in [2.45, 2.75) is 26.5 Å². The number of aryl methyl sites for hydroxylation is 1. The van der Waals surface area contributed by atoms with Gasteiger partial charge in [-0.05, 0) is 29.7 Å². The lowest BCUT2D eigenvalue weighted by Gasteiger charge is -2.17. The van der Waals surface area contributed by atoms with E-state index in [0.717, 1.165) is 16.7 Å². The average molecular weight is 338 g/mol. The fourth-order valence-electron chi connectivity index (χ4n) is 3.04. The van der Waals surface area contributed by atoms with E-state index in [1.165, 1.54) is 0 Å². The zero-order valence-corrected chi connectivity index (χ0v) is 14.2. The zero-order chi connectivity index (χ0) is 17.8. The molecule has 2 aromatic carbocycles. The summed E-state index contributed by atoms with van der Waals surface area (Å²) >= 11 is 0. The number of anilines is 1. The second-order valence-corrected chi connectivity index (χ2v) is 6.46. The number of aliphatic hydroxyl groups excluding tert-OH is 1. The molecule has 2 N–H and O–H groups in total. The monoisotopic (exact) mass is 338 g/mol. The van der Waals surface area contributed by atoms with E-state index >= 15 is 0 Å². The average Bonchev–Trinajstić information content (AvgIpc) is 2.98. The Labute approximate surface area is 147 Å². The van der Waals surface area contributed by atoms with Crippen molar-refractivity contribution in [2.75, 3.05) is 11.9 Å². The molecule has 5 nitrogen and oxygen atoms in total. The van der Waals surface area contributed by atoms with E-state index in [2.05, 4.69) is 5.32 Å². The van der Waals surface area contributed by atoms with Crippen LogP contribution in [0.1, 0.15) is 23.1 Å². The van der Waals surface area contributed by atoms with Crippen LogP contribution >= 0.6 is 0 Å². The van der Waals surface area contributed by atoms with Gasteiger partial charge in [-0.2, -0.15) is 0 Å². The van der Waals surface area contributed by atoms with Crippen molar-refractivity contribution in [3.8, 4) is 0 Å². The molecule has 5 heteroatoms. The molecule has 130 valence electrons. The van der Waals surface area contributed by atoms with Crippen LogP contribution in [0.3, 0.4) is 0 Å². The molecule has 1 unspecified atom stereocenters. The summed E-state index contributed by atoms with van der Waals surface area (Å²) in [6, 6.07) is 15.2. The molecule has 0 spiro atoms. The molecule has 1 aliphatic heterocycles. The smallest absolute Gasteiger partial charge is 0.229 e. The van der Waals surface area contributed by atoms with Crippen LogP contribution < -0.4 is 5.32 Å². The largest absolute Gasteiger partial charge is 0.392 e. The number of rotatable bonds is 5. The molecule has 1 saturated heterocycles. The highest BCUT2D eigenvalue weighted by Crippen LogP contribution is 2.23. The molecule has 1 heterocycles. The maximum absolute atomic E-state index is 12.6. The van der Waals surface area contributed by atoms with Gasteiger partial charge in [-0.1, -0.05) is 42.5 Å². The maximum atomic E-state index is 12.6. The van der Waals surface area contributed by atoms with Crippen LogP contribution in [0, 0.1) is 12.8 Å². The van der Waals surface area contributed by atoms with Gasteiger partial charge < -0.3 is 15.3 Å². The third kappa shape index (κ3) is 4.06. The Balaban J connectivity index is 1.65. The Hall–Kier alpha value is -2.66. The SMILES string of the molecule is Cc1ccc(CO)cc1NC(=O)C1CC(=O)N(Cc2ccccc2)C1. The maximum Gasteiger partial charge on any atom is 0.229 e. The second-order valence-electron chi connectivity index (χ2n) is 6.46. The first-order valence-corrected chi connectivity index (χ1v) is 8.40. The standard InChI is InChI=1S/C20H22N2O3/c1-14-7-8-16(13-23)9-18(14)21-20(25)17-10-19(24)22(12-17)11-15-5-3-2-4-6-15/h2-9,17,23H,10-13H2,1H3,(H,21,25). The Morgan fingerprint density at radius 3 is 2.68 bits per heavy atom. The van der Waals surface area contributed by atoms with E-state index in [0.29, 0.717) is 18.8 Å². The number of hydrogen-bond acceptors (Lipinski definition) is 3. The van der Waals surface area contributed by atoms with E-state index in [9.17, 15) is 14.7 Å². The lowest BCUT2D eigenvalue weighted by Crippen LogP contribution is -2.28. The summed E-state index contributed by atoms with van der Waals surface area (Å²) in [6.07, 6.45) is 0.234. The van der Waals surface area contributed by atoms with Gasteiger partial charge in [0.05, 0.1) is 12.5 Å². The number of hydrogen-bond donors (Lipinski definition) is 2. The van der Waals surface area contributed by atoms with E-state index in [1.54, 1.807) is 11.0 Å². The molecule has 1 aliphatic rings. The minimum absolute atomic E-state index is 0.00448. The first-order valence-electron chi connectivity index (χ1n) is 8.40. The molecule has 25 heavy (non-hydrogen) atoms. The van der Waals surface area contributed by atoms with Crippen LogP contribution in [-0.2, 0) is 22.7 Å². The third-order valence-electron chi connectivity index (χ3n) is 4.54. The lowest BCUT2D eigenvalue weighted by molar-refractivity contribution is -0.128. The van der Waals surface area contributed by atoms with Crippen molar-refractivity contribution in [1.29, 1.82) is 0 Å². The molecule has 2 amide bonds. The van der Waals surface area contributed by atoms with Gasteiger partial charge in [0.2, 0.25) is 11.8 Å². The summed E-state index contributed by atoms with van der Waals surface area (Å²) in [5, 5.41) is 12.1. The highest BCUT2D eigenvalue weighted by Gasteiger charge is 2.34. The molecule has 0 aromatic heterocycles. The fraction of sp³-hybridized carbons (Fsp3) is 0.300. The van der Waals surface area contributed by atoms with Crippen LogP contribution in [0.5, 0.6) is 0 Å². The van der Waals surface area contributed by atoms with Gasteiger partial charge in [-0.25, -0.2) is 0 Å². The highest BCUT2D eigenvalue weighted by molar-refractivity contribution is 5.97. The molecule has 0 saturated carbocycles. The van der Waals surface area contributed by atoms with Gasteiger partial charge in [0.25, 0.3) is 0 Å². The Morgan fingerprint density at radius 1 is 1.20 bits per heavy atom. The van der Waals surface area contributed by atoms with Gasteiger partial charge in [0, 0.05) is 25.2 Å². The van der Waals surface area contributed by atoms with E-state index in [4.69, 9.17) is 0 Å². The summed E-state index contributed by atoms with van der Waals surface area (Å²) in [5.74, 6) is -0.500. The first kappa shape index (κ1) is 17.2. The number of likely N-dealkylation sites (tertiary alicyclic amines) is 1. The topological polar surface area (TPSA) is 69.6 Å². The van der Waals surface area contributed by atoms with Gasteiger partial charge in [0.1, 0.15) is 0 Å². The van der Waals surface area contributed by atoms with Crippen molar-refractivity contribution in [1.82, 2.24) is 4.90 Å². The molecule has 1 fully saturated rings. The number of benzene rings is 2. The fourth-order valence-corrected chi connectivity index (χ4v) is 3.04. The Kier molecular flexibility index (Phi) is 5.14. The van der Waals surface area contributed by atoms with Crippen molar-refractivity contribution >= 4 is 17.5 Å². The molecule has 1 atom stereocenters. The van der Waals surface area contributed by atoms with Gasteiger partial charge in [-0.15, -0.1) is 0 Å². The summed E-state index contributed by atoms with van der Waals surface area (Å²) in [4.78, 5) is 26.5. The number of amides is 2. The normalized spacial score (nSPS) is 17.0. The van der Waals surface area contributed by atoms with Crippen LogP contribution in [-0.4, -0.2) is 28.4 Å². The van der Waals surface area contributed by atoms with Crippen molar-refractivity contribution in [3.05, 3.63) is 65.2 Å². The predicted molar refractivity (Wildman–Crippen MR) is 95.7 cm³/mol. The Morgan fingerprint density at radius 2 is 1.96 bits per heavy atom. The van der Waals surface area contributed by atoms with Gasteiger partial charge in [-0.3, -0.25) is 9.59 Å². The number of nitrogens with zero attached hydrogens (tertiary/aromatic N) is 1. The number of carbonyl (C=O) groups excluding carboxylic acids is 2. The molecular weight excluding hydrogens is 316 g/mol. The third-order valence-corrected chi connectivity index (χ3v) is 4.54. The van der Waals surface area contributed by atoms with Crippen LogP contribution in [0.2, 0.25) is 0 Å². The summed E-state index contributed by atoms with van der Waals surface area (Å²) in [6.45, 7) is 2.79. The number of nitrogens with one attached hydrogen (secondary N) is 1. The first-order chi connectivity index (χ1) is 12.1. The molecule has 0 aliphatic carbocycles. The van der Waals surface area contributed by atoms with Gasteiger partial charge >= 0.3 is 0 Å².